The highest BCUT2D eigenvalue weighted by Crippen LogP contribution is 2.30. The Bertz CT molecular complexity index is 1180. The number of carbonyl (C=O) groups is 2. The zero-order valence-corrected chi connectivity index (χ0v) is 15.2. The average molecular weight is 385 g/mol. The van der Waals surface area contributed by atoms with Crippen LogP contribution in [0.3, 0.4) is 0 Å². The van der Waals surface area contributed by atoms with E-state index >= 15 is 0 Å². The topological polar surface area (TPSA) is 93.9 Å². The van der Waals surface area contributed by atoms with Gasteiger partial charge >= 0.3 is 5.97 Å². The summed E-state index contributed by atoms with van der Waals surface area (Å²) in [6.07, 6.45) is 0. The predicted molar refractivity (Wildman–Crippen MR) is 95.9 cm³/mol. The molecule has 1 aliphatic rings. The van der Waals surface area contributed by atoms with E-state index in [-0.39, 0.29) is 29.4 Å². The van der Waals surface area contributed by atoms with E-state index in [2.05, 4.69) is 0 Å². The van der Waals surface area contributed by atoms with Crippen molar-refractivity contribution in [2.75, 3.05) is 13.2 Å². The monoisotopic (exact) mass is 385 g/mol. The van der Waals surface area contributed by atoms with Crippen LogP contribution in [0.4, 0.5) is 0 Å². The van der Waals surface area contributed by atoms with Gasteiger partial charge in [0.1, 0.15) is 17.1 Å². The van der Waals surface area contributed by atoms with E-state index in [0.717, 1.165) is 9.69 Å². The highest BCUT2D eigenvalue weighted by Gasteiger charge is 2.40. The molecule has 8 heteroatoms. The van der Waals surface area contributed by atoms with Crippen LogP contribution in [0.1, 0.15) is 26.5 Å². The van der Waals surface area contributed by atoms with Gasteiger partial charge in [-0.3, -0.25) is 4.79 Å². The molecule has 0 radical (unpaired) electrons. The number of rotatable bonds is 4. The Morgan fingerprint density at radius 2 is 1.81 bits per heavy atom. The fraction of sp³-hybridized carbons (Fsp3) is 0.158. The molecule has 1 aromatic heterocycles. The van der Waals surface area contributed by atoms with Crippen molar-refractivity contribution >= 4 is 32.9 Å². The third-order valence-electron chi connectivity index (χ3n) is 4.47. The summed E-state index contributed by atoms with van der Waals surface area (Å²) < 4.78 is 36.3. The maximum Gasteiger partial charge on any atom is 0.374 e. The van der Waals surface area contributed by atoms with Crippen molar-refractivity contribution in [2.24, 2.45) is 0 Å². The number of carbonyl (C=O) groups excluding carboxylic acids is 2. The Morgan fingerprint density at radius 3 is 2.56 bits per heavy atom. The fourth-order valence-electron chi connectivity index (χ4n) is 3.11. The number of fused-ring (bicyclic) bond motifs is 2. The summed E-state index contributed by atoms with van der Waals surface area (Å²) in [5, 5.41) is 0.803. The molecule has 27 heavy (non-hydrogen) atoms. The van der Waals surface area contributed by atoms with Crippen molar-refractivity contribution in [3.8, 4) is 0 Å². The number of hydrogen-bond donors (Lipinski definition) is 0. The molecule has 7 nitrogen and oxygen atoms in total. The van der Waals surface area contributed by atoms with Crippen molar-refractivity contribution < 1.29 is 27.2 Å². The Labute approximate surface area is 155 Å². The van der Waals surface area contributed by atoms with Gasteiger partial charge in [-0.1, -0.05) is 30.3 Å². The first kappa shape index (κ1) is 17.3. The summed E-state index contributed by atoms with van der Waals surface area (Å²) in [7, 11) is -3.92. The van der Waals surface area contributed by atoms with Crippen LogP contribution in [0.5, 0.6) is 0 Å². The molecule has 3 aromatic rings. The number of furan rings is 1. The van der Waals surface area contributed by atoms with Crippen LogP contribution in [0.25, 0.3) is 11.0 Å². The van der Waals surface area contributed by atoms with Gasteiger partial charge in [0.05, 0.1) is 12.1 Å². The lowest BCUT2D eigenvalue weighted by Crippen LogP contribution is -2.33. The largest absolute Gasteiger partial charge is 0.458 e. The van der Waals surface area contributed by atoms with Crippen molar-refractivity contribution in [1.82, 2.24) is 4.31 Å². The molecule has 0 N–H and O–H groups in total. The summed E-state index contributed by atoms with van der Waals surface area (Å²) >= 11 is 0. The minimum atomic E-state index is -3.92. The van der Waals surface area contributed by atoms with E-state index in [9.17, 15) is 18.0 Å². The summed E-state index contributed by atoms with van der Waals surface area (Å²) in [5.41, 5.74) is 1.33. The zero-order valence-electron chi connectivity index (χ0n) is 14.3. The lowest BCUT2D eigenvalue weighted by Gasteiger charge is -2.14. The molecule has 1 amide bonds. The summed E-state index contributed by atoms with van der Waals surface area (Å²) in [5.74, 6) is -1.26. The molecule has 138 valence electrons. The second-order valence-electron chi connectivity index (χ2n) is 6.07. The minimum absolute atomic E-state index is 0.0329. The molecule has 0 atom stereocenters. The Kier molecular flexibility index (Phi) is 4.00. The molecule has 0 unspecified atom stereocenters. The number of nitrogens with zero attached hydrogens (tertiary/aromatic N) is 1. The molecule has 2 heterocycles. The molecular formula is C19H15NO6S. The van der Waals surface area contributed by atoms with Crippen LogP contribution in [0.2, 0.25) is 0 Å². The number of benzene rings is 2. The molecule has 0 aliphatic carbocycles. The first-order valence-electron chi connectivity index (χ1n) is 8.22. The highest BCUT2D eigenvalue weighted by atomic mass is 32.2. The van der Waals surface area contributed by atoms with Crippen LogP contribution in [-0.4, -0.2) is 37.8 Å². The minimum Gasteiger partial charge on any atom is -0.458 e. The van der Waals surface area contributed by atoms with Gasteiger partial charge in [-0.05, 0) is 25.1 Å². The number of hydrogen-bond acceptors (Lipinski definition) is 6. The van der Waals surface area contributed by atoms with Gasteiger partial charge in [-0.15, -0.1) is 0 Å². The zero-order chi connectivity index (χ0) is 19.2. The molecule has 2 aromatic carbocycles. The number of sulfonamides is 1. The summed E-state index contributed by atoms with van der Waals surface area (Å²) in [4.78, 5) is 24.6. The van der Waals surface area contributed by atoms with Crippen molar-refractivity contribution in [1.29, 1.82) is 0 Å². The molecular weight excluding hydrogens is 370 g/mol. The Morgan fingerprint density at radius 1 is 1.11 bits per heavy atom. The van der Waals surface area contributed by atoms with Gasteiger partial charge in [0.15, 0.2) is 0 Å². The van der Waals surface area contributed by atoms with E-state index < -0.39 is 21.9 Å². The van der Waals surface area contributed by atoms with Crippen LogP contribution in [-0.2, 0) is 14.8 Å². The van der Waals surface area contributed by atoms with Crippen LogP contribution >= 0.6 is 0 Å². The molecule has 0 bridgehead atoms. The number of esters is 1. The Hall–Kier alpha value is -3.13. The number of ether oxygens (including phenoxy) is 1. The van der Waals surface area contributed by atoms with Crippen LogP contribution < -0.4 is 0 Å². The normalized spacial score (nSPS) is 15.1. The number of para-hydroxylation sites is 1. The third kappa shape index (κ3) is 2.69. The van der Waals surface area contributed by atoms with Crippen molar-refractivity contribution in [3.63, 3.8) is 0 Å². The number of amides is 1. The van der Waals surface area contributed by atoms with Crippen LogP contribution in [0, 0.1) is 6.92 Å². The maximum absolute atomic E-state index is 12.5. The lowest BCUT2D eigenvalue weighted by molar-refractivity contribution is 0.0445. The van der Waals surface area contributed by atoms with Gasteiger partial charge < -0.3 is 9.15 Å². The van der Waals surface area contributed by atoms with E-state index in [4.69, 9.17) is 9.15 Å². The van der Waals surface area contributed by atoms with E-state index in [1.165, 1.54) is 12.1 Å². The molecule has 0 saturated carbocycles. The van der Waals surface area contributed by atoms with E-state index in [1.807, 2.05) is 12.1 Å². The lowest BCUT2D eigenvalue weighted by atomic mass is 10.1. The first-order chi connectivity index (χ1) is 12.9. The maximum atomic E-state index is 12.5. The second kappa shape index (κ2) is 6.24. The van der Waals surface area contributed by atoms with E-state index in [1.54, 1.807) is 31.2 Å². The average Bonchev–Trinajstić information content (AvgIpc) is 3.10. The van der Waals surface area contributed by atoms with Gasteiger partial charge in [0, 0.05) is 10.9 Å². The second-order valence-corrected chi connectivity index (χ2v) is 7.90. The third-order valence-corrected chi connectivity index (χ3v) is 6.31. The predicted octanol–water partition coefficient (Wildman–Crippen LogP) is 2.74. The summed E-state index contributed by atoms with van der Waals surface area (Å²) in [6.45, 7) is 1.21. The molecule has 4 rings (SSSR count). The summed E-state index contributed by atoms with van der Waals surface area (Å²) in [6, 6.07) is 13.2. The van der Waals surface area contributed by atoms with Crippen LogP contribution in [0.15, 0.2) is 57.8 Å². The molecule has 0 spiro atoms. The number of aryl methyl sites for hydroxylation is 1. The highest BCUT2D eigenvalue weighted by molar-refractivity contribution is 7.90. The molecule has 0 fully saturated rings. The standard InChI is InChI=1S/C19H15NO6S/c1-12-13-6-2-4-8-15(13)26-17(12)19(22)25-11-10-20-18(21)14-7-3-5-9-16(14)27(20,23)24/h2-9H,10-11H2,1H3. The van der Waals surface area contributed by atoms with Gasteiger partial charge in [0.2, 0.25) is 5.76 Å². The fourth-order valence-corrected chi connectivity index (χ4v) is 4.66. The molecule has 0 saturated heterocycles. The van der Waals surface area contributed by atoms with Gasteiger partial charge in [0.25, 0.3) is 15.9 Å². The smallest absolute Gasteiger partial charge is 0.374 e. The Balaban J connectivity index is 1.48. The van der Waals surface area contributed by atoms with Gasteiger partial charge in [-0.25, -0.2) is 17.5 Å². The SMILES string of the molecule is Cc1c(C(=O)OCCN2C(=O)c3ccccc3S2(=O)=O)oc2ccccc12. The first-order valence-corrected chi connectivity index (χ1v) is 9.66. The molecule has 1 aliphatic heterocycles. The van der Waals surface area contributed by atoms with Crippen molar-refractivity contribution in [3.05, 3.63) is 65.4 Å². The van der Waals surface area contributed by atoms with Gasteiger partial charge in [-0.2, -0.15) is 0 Å². The van der Waals surface area contributed by atoms with Crippen molar-refractivity contribution in [2.45, 2.75) is 11.8 Å². The quantitative estimate of drug-likeness (QED) is 0.641. The van der Waals surface area contributed by atoms with E-state index in [0.29, 0.717) is 11.1 Å².